The quantitative estimate of drug-likeness (QED) is 0.666. The average Bonchev–Trinajstić information content (AvgIpc) is 3.12. The minimum absolute atomic E-state index is 0.133. The standard InChI is InChI=1S/C19H22N2O4S2/c1-11-12(2)21-25-18(11)17-13(3)26-14(4)19(17)27(22,23)20-10-15-8-6-7-9-16(15)24-5/h6-9,20H,10H2,1-5H3. The molecule has 0 spiro atoms. The van der Waals surface area contributed by atoms with Gasteiger partial charge in [-0.15, -0.1) is 11.3 Å². The van der Waals surface area contributed by atoms with Crippen LogP contribution in [0.3, 0.4) is 0 Å². The first kappa shape index (κ1) is 19.6. The van der Waals surface area contributed by atoms with Gasteiger partial charge in [-0.2, -0.15) is 0 Å². The van der Waals surface area contributed by atoms with Crippen molar-refractivity contribution in [3.63, 3.8) is 0 Å². The number of sulfonamides is 1. The lowest BCUT2D eigenvalue weighted by Gasteiger charge is -2.11. The Balaban J connectivity index is 2.01. The van der Waals surface area contributed by atoms with Gasteiger partial charge in [0.2, 0.25) is 10.0 Å². The highest BCUT2D eigenvalue weighted by atomic mass is 32.2. The van der Waals surface area contributed by atoms with Crippen molar-refractivity contribution in [2.24, 2.45) is 0 Å². The van der Waals surface area contributed by atoms with E-state index in [0.717, 1.165) is 21.7 Å². The second-order valence-corrected chi connectivity index (χ2v) is 9.41. The molecule has 1 aromatic carbocycles. The molecule has 0 bridgehead atoms. The lowest BCUT2D eigenvalue weighted by molar-refractivity contribution is 0.409. The van der Waals surface area contributed by atoms with Crippen LogP contribution in [0.5, 0.6) is 5.75 Å². The first-order valence-corrected chi connectivity index (χ1v) is 10.7. The van der Waals surface area contributed by atoms with Gasteiger partial charge in [-0.1, -0.05) is 23.4 Å². The van der Waals surface area contributed by atoms with E-state index < -0.39 is 10.0 Å². The van der Waals surface area contributed by atoms with Crippen LogP contribution >= 0.6 is 11.3 Å². The third-order valence-corrected chi connectivity index (χ3v) is 7.23. The van der Waals surface area contributed by atoms with E-state index in [2.05, 4.69) is 9.88 Å². The van der Waals surface area contributed by atoms with E-state index in [1.165, 1.54) is 11.3 Å². The van der Waals surface area contributed by atoms with E-state index in [-0.39, 0.29) is 11.4 Å². The Morgan fingerprint density at radius 1 is 1.15 bits per heavy atom. The Labute approximate surface area is 163 Å². The normalized spacial score (nSPS) is 11.7. The van der Waals surface area contributed by atoms with Crippen LogP contribution in [-0.4, -0.2) is 20.7 Å². The molecule has 0 saturated heterocycles. The number of aromatic nitrogens is 1. The van der Waals surface area contributed by atoms with Crippen LogP contribution in [0, 0.1) is 27.7 Å². The number of aryl methyl sites for hydroxylation is 3. The lowest BCUT2D eigenvalue weighted by atomic mass is 10.1. The summed E-state index contributed by atoms with van der Waals surface area (Å²) in [4.78, 5) is 1.84. The van der Waals surface area contributed by atoms with Crippen molar-refractivity contribution < 1.29 is 17.7 Å². The highest BCUT2D eigenvalue weighted by molar-refractivity contribution is 7.89. The van der Waals surface area contributed by atoms with Crippen molar-refractivity contribution in [1.29, 1.82) is 0 Å². The molecule has 6 nitrogen and oxygen atoms in total. The molecule has 0 amide bonds. The third kappa shape index (κ3) is 3.65. The monoisotopic (exact) mass is 406 g/mol. The van der Waals surface area contributed by atoms with E-state index in [1.807, 2.05) is 39.0 Å². The number of nitrogens with zero attached hydrogens (tertiary/aromatic N) is 1. The number of rotatable bonds is 6. The van der Waals surface area contributed by atoms with E-state index in [0.29, 0.717) is 22.0 Å². The summed E-state index contributed by atoms with van der Waals surface area (Å²) in [6.45, 7) is 7.55. The number of ether oxygens (including phenoxy) is 1. The number of para-hydroxylation sites is 1. The maximum Gasteiger partial charge on any atom is 0.242 e. The van der Waals surface area contributed by atoms with Crippen LogP contribution in [0.15, 0.2) is 33.7 Å². The van der Waals surface area contributed by atoms with Crippen molar-refractivity contribution in [3.05, 3.63) is 50.8 Å². The Hall–Kier alpha value is -2.16. The smallest absolute Gasteiger partial charge is 0.242 e. The molecule has 0 atom stereocenters. The third-order valence-electron chi connectivity index (χ3n) is 4.50. The molecule has 1 N–H and O–H groups in total. The fourth-order valence-corrected chi connectivity index (χ4v) is 5.84. The van der Waals surface area contributed by atoms with Crippen molar-refractivity contribution in [1.82, 2.24) is 9.88 Å². The van der Waals surface area contributed by atoms with Gasteiger partial charge in [-0.3, -0.25) is 0 Å². The molecule has 0 aliphatic rings. The van der Waals surface area contributed by atoms with Gasteiger partial charge in [0.1, 0.15) is 10.6 Å². The highest BCUT2D eigenvalue weighted by Gasteiger charge is 2.29. The minimum Gasteiger partial charge on any atom is -0.496 e. The largest absolute Gasteiger partial charge is 0.496 e. The van der Waals surface area contributed by atoms with Crippen LogP contribution < -0.4 is 9.46 Å². The summed E-state index contributed by atoms with van der Waals surface area (Å²) in [6.07, 6.45) is 0. The molecule has 3 aromatic rings. The second-order valence-electron chi connectivity index (χ2n) is 6.28. The Morgan fingerprint density at radius 3 is 2.48 bits per heavy atom. The molecule has 0 aliphatic carbocycles. The lowest BCUT2D eigenvalue weighted by Crippen LogP contribution is -2.24. The molecule has 144 valence electrons. The number of methoxy groups -OCH3 is 1. The maximum atomic E-state index is 13.1. The van der Waals surface area contributed by atoms with Gasteiger partial charge in [0.25, 0.3) is 0 Å². The Morgan fingerprint density at radius 2 is 1.85 bits per heavy atom. The summed E-state index contributed by atoms with van der Waals surface area (Å²) in [5.74, 6) is 1.15. The highest BCUT2D eigenvalue weighted by Crippen LogP contribution is 2.40. The molecule has 0 saturated carbocycles. The first-order valence-electron chi connectivity index (χ1n) is 8.41. The average molecular weight is 407 g/mol. The van der Waals surface area contributed by atoms with E-state index in [4.69, 9.17) is 9.26 Å². The molecular formula is C19H22N2O4S2. The molecule has 2 aromatic heterocycles. The Kier molecular flexibility index (Phi) is 5.41. The fraction of sp³-hybridized carbons (Fsp3) is 0.316. The number of benzene rings is 1. The van der Waals surface area contributed by atoms with Gasteiger partial charge < -0.3 is 9.26 Å². The summed E-state index contributed by atoms with van der Waals surface area (Å²) < 4.78 is 39.7. The first-order chi connectivity index (χ1) is 12.8. The van der Waals surface area contributed by atoms with Gasteiger partial charge in [-0.25, -0.2) is 13.1 Å². The summed E-state index contributed by atoms with van der Waals surface area (Å²) in [5.41, 5.74) is 2.94. The van der Waals surface area contributed by atoms with Crippen molar-refractivity contribution in [2.45, 2.75) is 39.1 Å². The topological polar surface area (TPSA) is 81.4 Å². The zero-order valence-electron chi connectivity index (χ0n) is 15.9. The molecular weight excluding hydrogens is 384 g/mol. The van der Waals surface area contributed by atoms with E-state index >= 15 is 0 Å². The summed E-state index contributed by atoms with van der Waals surface area (Å²) in [5, 5.41) is 3.98. The molecule has 8 heteroatoms. The fourth-order valence-electron chi connectivity index (χ4n) is 2.99. The second kappa shape index (κ2) is 7.46. The molecule has 0 fully saturated rings. The van der Waals surface area contributed by atoms with Crippen LogP contribution in [0.1, 0.15) is 26.6 Å². The SMILES string of the molecule is COc1ccccc1CNS(=O)(=O)c1c(C)sc(C)c1-c1onc(C)c1C. The number of nitrogens with one attached hydrogen (secondary N) is 1. The van der Waals surface area contributed by atoms with Gasteiger partial charge in [0.15, 0.2) is 5.76 Å². The molecule has 0 unspecified atom stereocenters. The predicted octanol–water partition coefficient (Wildman–Crippen LogP) is 4.12. The van der Waals surface area contributed by atoms with Crippen molar-refractivity contribution in [2.75, 3.05) is 7.11 Å². The Bertz CT molecular complexity index is 1080. The molecule has 0 aliphatic heterocycles. The van der Waals surface area contributed by atoms with Crippen molar-refractivity contribution >= 4 is 21.4 Å². The zero-order valence-corrected chi connectivity index (χ0v) is 17.5. The van der Waals surface area contributed by atoms with Gasteiger partial charge >= 0.3 is 0 Å². The zero-order chi connectivity index (χ0) is 19.8. The summed E-state index contributed by atoms with van der Waals surface area (Å²) >= 11 is 1.43. The van der Waals surface area contributed by atoms with Crippen LogP contribution in [0.25, 0.3) is 11.3 Å². The van der Waals surface area contributed by atoms with Crippen LogP contribution in [-0.2, 0) is 16.6 Å². The van der Waals surface area contributed by atoms with Gasteiger partial charge in [-0.05, 0) is 33.8 Å². The van der Waals surface area contributed by atoms with Gasteiger partial charge in [0.05, 0.1) is 18.4 Å². The minimum atomic E-state index is -3.76. The maximum absolute atomic E-state index is 13.1. The predicted molar refractivity (Wildman–Crippen MR) is 106 cm³/mol. The number of thiophene rings is 1. The summed E-state index contributed by atoms with van der Waals surface area (Å²) in [6, 6.07) is 7.32. The van der Waals surface area contributed by atoms with Crippen LogP contribution in [0.2, 0.25) is 0 Å². The number of hydrogen-bond acceptors (Lipinski definition) is 6. The number of hydrogen-bond donors (Lipinski definition) is 1. The van der Waals surface area contributed by atoms with E-state index in [1.54, 1.807) is 20.1 Å². The molecule has 27 heavy (non-hydrogen) atoms. The van der Waals surface area contributed by atoms with Gasteiger partial charge in [0, 0.05) is 27.4 Å². The molecule has 2 heterocycles. The van der Waals surface area contributed by atoms with Crippen molar-refractivity contribution in [3.8, 4) is 17.1 Å². The van der Waals surface area contributed by atoms with Crippen LogP contribution in [0.4, 0.5) is 0 Å². The molecule has 0 radical (unpaired) electrons. The van der Waals surface area contributed by atoms with E-state index in [9.17, 15) is 8.42 Å². The molecule has 3 rings (SSSR count). The summed E-state index contributed by atoms with van der Waals surface area (Å²) in [7, 11) is -2.20.